The summed E-state index contributed by atoms with van der Waals surface area (Å²) in [6.07, 6.45) is 0.894. The summed E-state index contributed by atoms with van der Waals surface area (Å²) in [5.41, 5.74) is 0.886. The smallest absolute Gasteiger partial charge is 0.408 e. The monoisotopic (exact) mass is 325 g/mol. The Morgan fingerprint density at radius 1 is 1.45 bits per heavy atom. The third kappa shape index (κ3) is 4.37. The Morgan fingerprint density at radius 2 is 2.09 bits per heavy atom. The number of alkyl carbamates (subject to hydrolysis) is 1. The molecule has 0 bridgehead atoms. The van der Waals surface area contributed by atoms with Gasteiger partial charge in [0.2, 0.25) is 0 Å². The quantitative estimate of drug-likeness (QED) is 0.889. The Bertz CT molecular complexity index is 562. The van der Waals surface area contributed by atoms with E-state index >= 15 is 0 Å². The first-order valence-corrected chi connectivity index (χ1v) is 7.93. The molecule has 4 nitrogen and oxygen atoms in total. The van der Waals surface area contributed by atoms with Crippen LogP contribution in [0.25, 0.3) is 0 Å². The van der Waals surface area contributed by atoms with E-state index in [2.05, 4.69) is 5.32 Å². The van der Waals surface area contributed by atoms with E-state index in [4.69, 9.17) is 16.3 Å². The molecule has 1 aromatic rings. The first kappa shape index (κ1) is 17.1. The molecule has 2 N–H and O–H groups in total. The zero-order chi connectivity index (χ0) is 16.5. The van der Waals surface area contributed by atoms with Gasteiger partial charge in [-0.3, -0.25) is 0 Å². The molecule has 2 rings (SSSR count). The standard InChI is InChI=1S/C17H24ClNO3/c1-11-9-12(5-6-13(11)18)10-14(20)17(7-8-17)19-15(21)22-16(2,3)4/h5-6,9,14,20H,7-8,10H2,1-4H3,(H,19,21). The number of amides is 1. The van der Waals surface area contributed by atoms with Gasteiger partial charge in [0.1, 0.15) is 5.60 Å². The van der Waals surface area contributed by atoms with Crippen LogP contribution in [0.4, 0.5) is 4.79 Å². The molecule has 1 amide bonds. The number of nitrogens with one attached hydrogen (secondary N) is 1. The van der Waals surface area contributed by atoms with Crippen molar-refractivity contribution in [3.05, 3.63) is 34.3 Å². The summed E-state index contributed by atoms with van der Waals surface area (Å²) in [5, 5.41) is 14.0. The molecule has 0 aromatic heterocycles. The molecular formula is C17H24ClNO3. The van der Waals surface area contributed by atoms with Crippen molar-refractivity contribution in [2.75, 3.05) is 0 Å². The highest BCUT2D eigenvalue weighted by Gasteiger charge is 2.50. The number of carbonyl (C=O) groups excluding carboxylic acids is 1. The van der Waals surface area contributed by atoms with Crippen LogP contribution >= 0.6 is 11.6 Å². The Kier molecular flexibility index (Phi) is 4.73. The highest BCUT2D eigenvalue weighted by molar-refractivity contribution is 6.31. The zero-order valence-corrected chi connectivity index (χ0v) is 14.3. The first-order valence-electron chi connectivity index (χ1n) is 7.56. The van der Waals surface area contributed by atoms with Gasteiger partial charge in [-0.2, -0.15) is 0 Å². The van der Waals surface area contributed by atoms with Crippen molar-refractivity contribution in [3.8, 4) is 0 Å². The van der Waals surface area contributed by atoms with Gasteiger partial charge in [0.05, 0.1) is 11.6 Å². The molecule has 122 valence electrons. The van der Waals surface area contributed by atoms with E-state index in [0.717, 1.165) is 24.0 Å². The maximum atomic E-state index is 11.9. The summed E-state index contributed by atoms with van der Waals surface area (Å²) < 4.78 is 5.27. The van der Waals surface area contributed by atoms with Gasteiger partial charge in [0.25, 0.3) is 0 Å². The predicted molar refractivity (Wildman–Crippen MR) is 87.2 cm³/mol. The van der Waals surface area contributed by atoms with Crippen molar-refractivity contribution in [3.63, 3.8) is 0 Å². The number of benzene rings is 1. The van der Waals surface area contributed by atoms with Crippen LogP contribution in [0.15, 0.2) is 18.2 Å². The summed E-state index contributed by atoms with van der Waals surface area (Å²) >= 11 is 6.01. The number of aliphatic hydroxyl groups excluding tert-OH is 1. The summed E-state index contributed by atoms with van der Waals surface area (Å²) in [4.78, 5) is 11.9. The summed E-state index contributed by atoms with van der Waals surface area (Å²) in [6, 6.07) is 5.71. The lowest BCUT2D eigenvalue weighted by Gasteiger charge is -2.26. The van der Waals surface area contributed by atoms with Gasteiger partial charge in [-0.1, -0.05) is 23.7 Å². The third-order valence-electron chi connectivity index (χ3n) is 3.83. The van der Waals surface area contributed by atoms with Crippen LogP contribution in [-0.4, -0.2) is 28.4 Å². The minimum Gasteiger partial charge on any atom is -0.444 e. The van der Waals surface area contributed by atoms with Crippen LogP contribution in [0.2, 0.25) is 5.02 Å². The molecule has 0 saturated heterocycles. The van der Waals surface area contributed by atoms with Crippen LogP contribution < -0.4 is 5.32 Å². The molecule has 0 radical (unpaired) electrons. The molecule has 22 heavy (non-hydrogen) atoms. The van der Waals surface area contributed by atoms with Crippen LogP contribution in [0.5, 0.6) is 0 Å². The van der Waals surface area contributed by atoms with Crippen molar-refractivity contribution in [1.82, 2.24) is 5.32 Å². The van der Waals surface area contributed by atoms with Crippen LogP contribution in [0.3, 0.4) is 0 Å². The Morgan fingerprint density at radius 3 is 2.59 bits per heavy atom. The van der Waals surface area contributed by atoms with Gasteiger partial charge in [-0.25, -0.2) is 4.79 Å². The third-order valence-corrected chi connectivity index (χ3v) is 4.25. The lowest BCUT2D eigenvalue weighted by molar-refractivity contribution is 0.0395. The second kappa shape index (κ2) is 6.09. The number of ether oxygens (including phenoxy) is 1. The van der Waals surface area contributed by atoms with Crippen LogP contribution in [0.1, 0.15) is 44.7 Å². The lowest BCUT2D eigenvalue weighted by Crippen LogP contribution is -2.48. The molecule has 1 atom stereocenters. The van der Waals surface area contributed by atoms with Crippen LogP contribution in [-0.2, 0) is 11.2 Å². The SMILES string of the molecule is Cc1cc(CC(O)C2(NC(=O)OC(C)(C)C)CC2)ccc1Cl. The fourth-order valence-electron chi connectivity index (χ4n) is 2.44. The maximum absolute atomic E-state index is 11.9. The summed E-state index contributed by atoms with van der Waals surface area (Å²) in [5.74, 6) is 0. The topological polar surface area (TPSA) is 58.6 Å². The fourth-order valence-corrected chi connectivity index (χ4v) is 2.55. The molecule has 0 spiro atoms. The van der Waals surface area contributed by atoms with Crippen molar-refractivity contribution < 1.29 is 14.6 Å². The average Bonchev–Trinajstić information content (AvgIpc) is 3.12. The molecule has 1 aliphatic rings. The van der Waals surface area contributed by atoms with E-state index < -0.39 is 23.3 Å². The van der Waals surface area contributed by atoms with Gasteiger partial charge < -0.3 is 15.2 Å². The number of hydrogen-bond donors (Lipinski definition) is 2. The fraction of sp³-hybridized carbons (Fsp3) is 0.588. The number of hydrogen-bond acceptors (Lipinski definition) is 3. The van der Waals surface area contributed by atoms with Gasteiger partial charge in [-0.05, 0) is 57.7 Å². The van der Waals surface area contributed by atoms with E-state index in [1.165, 1.54) is 0 Å². The first-order chi connectivity index (χ1) is 10.1. The van der Waals surface area contributed by atoms with Gasteiger partial charge >= 0.3 is 6.09 Å². The number of halogens is 1. The normalized spacial score (nSPS) is 17.7. The van der Waals surface area contributed by atoms with Crippen molar-refractivity contribution >= 4 is 17.7 Å². The largest absolute Gasteiger partial charge is 0.444 e. The van der Waals surface area contributed by atoms with E-state index in [-0.39, 0.29) is 0 Å². The van der Waals surface area contributed by atoms with E-state index in [1.807, 2.05) is 45.9 Å². The summed E-state index contributed by atoms with van der Waals surface area (Å²) in [6.45, 7) is 7.39. The Labute approximate surface area is 136 Å². The molecule has 0 aliphatic heterocycles. The molecule has 1 saturated carbocycles. The molecular weight excluding hydrogens is 302 g/mol. The Hall–Kier alpha value is -1.26. The number of carbonyl (C=O) groups is 1. The highest BCUT2D eigenvalue weighted by Crippen LogP contribution is 2.40. The molecule has 0 heterocycles. The second-order valence-corrected chi connectivity index (χ2v) is 7.49. The minimum atomic E-state index is -0.638. The molecule has 1 unspecified atom stereocenters. The minimum absolute atomic E-state index is 0.476. The molecule has 1 aromatic carbocycles. The second-order valence-electron chi connectivity index (χ2n) is 7.09. The van der Waals surface area contributed by atoms with E-state index in [9.17, 15) is 9.90 Å². The summed E-state index contributed by atoms with van der Waals surface area (Å²) in [7, 11) is 0. The number of aliphatic hydroxyl groups is 1. The van der Waals surface area contributed by atoms with Crippen LogP contribution in [0, 0.1) is 6.92 Å². The highest BCUT2D eigenvalue weighted by atomic mass is 35.5. The molecule has 5 heteroatoms. The number of rotatable bonds is 4. The zero-order valence-electron chi connectivity index (χ0n) is 13.6. The molecule has 1 aliphatic carbocycles. The van der Waals surface area contributed by atoms with Crippen molar-refractivity contribution in [2.45, 2.75) is 64.2 Å². The Balaban J connectivity index is 1.98. The maximum Gasteiger partial charge on any atom is 0.408 e. The number of aryl methyl sites for hydroxylation is 1. The van der Waals surface area contributed by atoms with Crippen molar-refractivity contribution in [1.29, 1.82) is 0 Å². The molecule has 1 fully saturated rings. The predicted octanol–water partition coefficient (Wildman–Crippen LogP) is 3.61. The van der Waals surface area contributed by atoms with Gasteiger partial charge in [0, 0.05) is 11.4 Å². The lowest BCUT2D eigenvalue weighted by atomic mass is 9.99. The van der Waals surface area contributed by atoms with E-state index in [0.29, 0.717) is 11.4 Å². The van der Waals surface area contributed by atoms with E-state index in [1.54, 1.807) is 0 Å². The van der Waals surface area contributed by atoms with Crippen molar-refractivity contribution in [2.24, 2.45) is 0 Å². The van der Waals surface area contributed by atoms with Gasteiger partial charge in [0.15, 0.2) is 0 Å². The van der Waals surface area contributed by atoms with Gasteiger partial charge in [-0.15, -0.1) is 0 Å². The average molecular weight is 326 g/mol.